The zero-order valence-electron chi connectivity index (χ0n) is 23.8. The van der Waals surface area contributed by atoms with Crippen LogP contribution >= 0.6 is 33.5 Å². The fraction of sp³-hybridized carbons (Fsp3) is 1.00. The van der Waals surface area contributed by atoms with Crippen LogP contribution in [0.4, 0.5) is 0 Å². The van der Waals surface area contributed by atoms with Gasteiger partial charge in [-0.1, -0.05) is 120 Å². The van der Waals surface area contributed by atoms with Crippen molar-refractivity contribution in [1.82, 2.24) is 0 Å². The third kappa shape index (κ3) is 36.8. The Hall–Kier alpha value is 2.20. The van der Waals surface area contributed by atoms with Gasteiger partial charge in [0.15, 0.2) is 0 Å². The van der Waals surface area contributed by atoms with Gasteiger partial charge >= 0.3 is 27.0 Å². The second-order valence-corrected chi connectivity index (χ2v) is 16.6. The predicted molar refractivity (Wildman–Crippen MR) is 163 cm³/mol. The van der Waals surface area contributed by atoms with Crippen LogP contribution in [0, 0.1) is 0 Å². The van der Waals surface area contributed by atoms with E-state index in [1.165, 1.54) is 113 Å². The predicted octanol–water partition coefficient (Wildman–Crippen LogP) is 11.8. The van der Waals surface area contributed by atoms with Gasteiger partial charge < -0.3 is 0 Å². The van der Waals surface area contributed by atoms with Crippen LogP contribution in [0.25, 0.3) is 0 Å². The van der Waals surface area contributed by atoms with Gasteiger partial charge in [0.05, 0.1) is 0 Å². The summed E-state index contributed by atoms with van der Waals surface area (Å²) in [5, 5.41) is 0. The van der Waals surface area contributed by atoms with Crippen molar-refractivity contribution in [3.05, 3.63) is 0 Å². The third-order valence-corrected chi connectivity index (χ3v) is 14.6. The van der Waals surface area contributed by atoms with Crippen LogP contribution in [0.1, 0.15) is 120 Å². The quantitative estimate of drug-likeness (QED) is 0.106. The van der Waals surface area contributed by atoms with Crippen molar-refractivity contribution in [3.63, 3.8) is 0 Å². The molecule has 0 amide bonds. The maximum atomic E-state index is 4.53. The van der Waals surface area contributed by atoms with Crippen molar-refractivity contribution in [1.29, 1.82) is 0 Å². The summed E-state index contributed by atoms with van der Waals surface area (Å²) < 4.78 is 0. The Morgan fingerprint density at radius 2 is 0.406 bits per heavy atom. The van der Waals surface area contributed by atoms with E-state index in [0.717, 1.165) is 0 Å². The minimum atomic E-state index is 0.439. The van der Waals surface area contributed by atoms with Gasteiger partial charge in [-0.25, -0.2) is 0 Å². The van der Waals surface area contributed by atoms with E-state index >= 15 is 0 Å². The molecule has 0 heterocycles. The molecule has 5 heteroatoms. The maximum absolute atomic E-state index is 4.53. The number of hydrogen-bond acceptors (Lipinski definition) is 0. The first kappa shape index (κ1) is 41.3. The van der Waals surface area contributed by atoms with Gasteiger partial charge in [-0.05, 0) is 55.5 Å². The second-order valence-electron chi connectivity index (χ2n) is 8.52. The molecule has 0 nitrogen and oxygen atoms in total. The molecular formula is C27H63ClP3Rh. The van der Waals surface area contributed by atoms with E-state index in [9.17, 15) is 0 Å². The summed E-state index contributed by atoms with van der Waals surface area (Å²) in [7, 11) is 5.85. The zero-order chi connectivity index (χ0) is 25.5. The Morgan fingerprint density at radius 3 is 0.469 bits per heavy atom. The van der Waals surface area contributed by atoms with Gasteiger partial charge in [0.1, 0.15) is 0 Å². The Kier molecular flexibility index (Phi) is 52.2. The Morgan fingerprint density at radius 1 is 0.312 bits per heavy atom. The van der Waals surface area contributed by atoms with Crippen LogP contribution in [-0.2, 0) is 17.3 Å². The number of halogens is 1. The van der Waals surface area contributed by atoms with E-state index in [1.807, 2.05) is 17.3 Å². The molecule has 32 heavy (non-hydrogen) atoms. The van der Waals surface area contributed by atoms with Gasteiger partial charge in [0.2, 0.25) is 0 Å². The molecule has 0 radical (unpaired) electrons. The average molecular weight is 619 g/mol. The summed E-state index contributed by atoms with van der Waals surface area (Å²) in [5.74, 6) is 0. The molecule has 0 aromatic heterocycles. The molecule has 0 aliphatic carbocycles. The summed E-state index contributed by atoms with van der Waals surface area (Å²) >= 11 is 2.02. The zero-order valence-corrected chi connectivity index (χ0v) is 28.9. The molecule has 0 saturated carbocycles. The molecule has 0 aliphatic heterocycles. The summed E-state index contributed by atoms with van der Waals surface area (Å²) in [5.41, 5.74) is 0. The number of hydrogen-bond donors (Lipinski definition) is 0. The third-order valence-electron chi connectivity index (χ3n) is 4.86. The first-order valence-electron chi connectivity index (χ1n) is 13.8. The average Bonchev–Trinajstić information content (AvgIpc) is 2.78. The SMILES string of the molecule is CCCP(CCC)CCC.CCCP(CCC)CCC.CCCP(CCC)CCC.[Cl][Rh]. The summed E-state index contributed by atoms with van der Waals surface area (Å²) in [6.07, 6.45) is 26.1. The van der Waals surface area contributed by atoms with Crippen LogP contribution in [0.3, 0.4) is 0 Å². The van der Waals surface area contributed by atoms with Crippen LogP contribution in [0.5, 0.6) is 0 Å². The van der Waals surface area contributed by atoms with Crippen molar-refractivity contribution < 1.29 is 17.3 Å². The fourth-order valence-corrected chi connectivity index (χ4v) is 11.6. The van der Waals surface area contributed by atoms with E-state index in [1.54, 1.807) is 0 Å². The molecule has 0 aromatic rings. The summed E-state index contributed by atoms with van der Waals surface area (Å²) in [4.78, 5) is 0. The van der Waals surface area contributed by atoms with E-state index in [4.69, 9.17) is 0 Å². The molecule has 0 fully saturated rings. The summed E-state index contributed by atoms with van der Waals surface area (Å²) in [6.45, 7) is 20.8. The van der Waals surface area contributed by atoms with Gasteiger partial charge in [0.25, 0.3) is 0 Å². The monoisotopic (exact) mass is 618 g/mol. The Bertz CT molecular complexity index is 198. The normalized spacial score (nSPS) is 10.3. The van der Waals surface area contributed by atoms with E-state index in [-0.39, 0.29) is 0 Å². The molecule has 0 N–H and O–H groups in total. The van der Waals surface area contributed by atoms with E-state index in [0.29, 0.717) is 23.8 Å². The molecule has 0 bridgehead atoms. The fourth-order valence-electron chi connectivity index (χ4n) is 3.85. The van der Waals surface area contributed by atoms with E-state index in [2.05, 4.69) is 72.0 Å². The van der Waals surface area contributed by atoms with Crippen molar-refractivity contribution in [2.24, 2.45) is 0 Å². The molecule has 0 saturated heterocycles. The number of rotatable bonds is 18. The molecule has 0 spiro atoms. The Labute approximate surface area is 225 Å². The molecular weight excluding hydrogens is 556 g/mol. The molecule has 0 aromatic carbocycles. The van der Waals surface area contributed by atoms with Crippen molar-refractivity contribution in [2.75, 3.05) is 55.5 Å². The Balaban J connectivity index is -0.000000176. The topological polar surface area (TPSA) is 0 Å². The van der Waals surface area contributed by atoms with Crippen LogP contribution < -0.4 is 0 Å². The van der Waals surface area contributed by atoms with Crippen molar-refractivity contribution >= 4 is 33.5 Å². The van der Waals surface area contributed by atoms with Crippen molar-refractivity contribution in [2.45, 2.75) is 120 Å². The molecule has 202 valence electrons. The second kappa shape index (κ2) is 40.4. The molecule has 0 unspecified atom stereocenters. The van der Waals surface area contributed by atoms with Crippen molar-refractivity contribution in [3.8, 4) is 0 Å². The standard InChI is InChI=1S/3C9H21P.ClH.Rh/c3*1-4-7-10(8-5-2)9-6-3;;/h3*4-9H2,1-3H3;1H;/q;;;;+1/p-1. The van der Waals surface area contributed by atoms with Gasteiger partial charge in [-0.2, -0.15) is 0 Å². The minimum absolute atomic E-state index is 0.439. The molecule has 0 atom stereocenters. The van der Waals surface area contributed by atoms with Gasteiger partial charge in [-0.3, -0.25) is 0 Å². The van der Waals surface area contributed by atoms with Crippen LogP contribution in [0.2, 0.25) is 0 Å². The van der Waals surface area contributed by atoms with Gasteiger partial charge in [-0.15, -0.1) is 23.8 Å². The molecule has 0 aliphatic rings. The first-order chi connectivity index (χ1) is 15.5. The first-order valence-corrected chi connectivity index (χ1v) is 21.6. The summed E-state index contributed by atoms with van der Waals surface area (Å²) in [6, 6.07) is 0. The van der Waals surface area contributed by atoms with Gasteiger partial charge in [0, 0.05) is 0 Å². The molecule has 0 rings (SSSR count). The van der Waals surface area contributed by atoms with Crippen LogP contribution in [-0.4, -0.2) is 55.5 Å². The van der Waals surface area contributed by atoms with Crippen LogP contribution in [0.15, 0.2) is 0 Å². The van der Waals surface area contributed by atoms with E-state index < -0.39 is 0 Å².